The van der Waals surface area contributed by atoms with Gasteiger partial charge in [0.2, 0.25) is 0 Å². The summed E-state index contributed by atoms with van der Waals surface area (Å²) in [5, 5.41) is 12.3. The summed E-state index contributed by atoms with van der Waals surface area (Å²) < 4.78 is 0. The minimum atomic E-state index is -0.826. The van der Waals surface area contributed by atoms with Crippen LogP contribution in [0.15, 0.2) is 0 Å². The van der Waals surface area contributed by atoms with Gasteiger partial charge in [-0.2, -0.15) is 0 Å². The van der Waals surface area contributed by atoms with Crippen LogP contribution in [0.3, 0.4) is 0 Å². The van der Waals surface area contributed by atoms with Crippen LogP contribution in [-0.2, 0) is 4.79 Å². The van der Waals surface area contributed by atoms with Gasteiger partial charge in [0.25, 0.3) is 0 Å². The molecule has 110 valence electrons. The number of aliphatic carboxylic acids is 1. The number of hydrogen-bond donors (Lipinski definition) is 2. The van der Waals surface area contributed by atoms with E-state index in [0.717, 1.165) is 32.2 Å². The summed E-state index contributed by atoms with van der Waals surface area (Å²) in [6.45, 7) is 8.32. The molecular weight excluding hydrogens is 242 g/mol. The molecule has 19 heavy (non-hydrogen) atoms. The number of carboxylic acid groups (broad SMARTS) is 1. The predicted molar refractivity (Wildman–Crippen MR) is 75.3 cm³/mol. The van der Waals surface area contributed by atoms with E-state index in [1.807, 2.05) is 0 Å². The average molecular weight is 269 g/mol. The second-order valence-corrected chi connectivity index (χ2v) is 6.24. The number of hydrogen-bond acceptors (Lipinski definition) is 4. The highest BCUT2D eigenvalue weighted by Crippen LogP contribution is 2.28. The molecule has 2 N–H and O–H groups in total. The number of carbonyl (C=O) groups is 1. The minimum Gasteiger partial charge on any atom is -0.480 e. The van der Waals surface area contributed by atoms with Crippen LogP contribution in [0, 0.1) is 0 Å². The number of likely N-dealkylation sites (N-methyl/N-ethyl adjacent to an activating group) is 1. The minimum absolute atomic E-state index is 0.301. The summed E-state index contributed by atoms with van der Waals surface area (Å²) in [6, 6.07) is 1.15. The molecule has 1 aliphatic heterocycles. The SMILES string of the molecule is CNC(C)(CC(C)N1CCN(C2CC2)CC1)C(=O)O. The quantitative estimate of drug-likeness (QED) is 0.740. The Kier molecular flexibility index (Phi) is 4.48. The van der Waals surface area contributed by atoms with Crippen LogP contribution in [0.1, 0.15) is 33.1 Å². The first kappa shape index (κ1) is 14.8. The zero-order valence-electron chi connectivity index (χ0n) is 12.4. The van der Waals surface area contributed by atoms with E-state index in [0.29, 0.717) is 12.5 Å². The molecule has 1 heterocycles. The van der Waals surface area contributed by atoms with E-state index in [-0.39, 0.29) is 0 Å². The Morgan fingerprint density at radius 2 is 1.95 bits per heavy atom. The molecule has 0 bridgehead atoms. The fourth-order valence-corrected chi connectivity index (χ4v) is 3.00. The highest BCUT2D eigenvalue weighted by atomic mass is 16.4. The van der Waals surface area contributed by atoms with Crippen molar-refractivity contribution in [2.24, 2.45) is 0 Å². The molecule has 1 saturated heterocycles. The summed E-state index contributed by atoms with van der Waals surface area (Å²) in [4.78, 5) is 16.3. The molecule has 2 unspecified atom stereocenters. The summed E-state index contributed by atoms with van der Waals surface area (Å²) in [5.41, 5.74) is -0.826. The fourth-order valence-electron chi connectivity index (χ4n) is 3.00. The molecule has 5 nitrogen and oxygen atoms in total. The van der Waals surface area contributed by atoms with Gasteiger partial charge in [0.05, 0.1) is 0 Å². The Labute approximate surface area is 115 Å². The molecule has 2 rings (SSSR count). The molecule has 2 atom stereocenters. The molecule has 0 spiro atoms. The molecule has 1 saturated carbocycles. The fraction of sp³-hybridized carbons (Fsp3) is 0.929. The number of piperazine rings is 1. The van der Waals surface area contributed by atoms with Crippen LogP contribution >= 0.6 is 0 Å². The highest BCUT2D eigenvalue weighted by Gasteiger charge is 2.36. The van der Waals surface area contributed by atoms with Crippen molar-refractivity contribution in [1.29, 1.82) is 0 Å². The highest BCUT2D eigenvalue weighted by molar-refractivity contribution is 5.78. The van der Waals surface area contributed by atoms with Gasteiger partial charge in [-0.05, 0) is 40.2 Å². The number of carboxylic acids is 1. The van der Waals surface area contributed by atoms with Gasteiger partial charge in [-0.25, -0.2) is 0 Å². The molecule has 0 amide bonds. The van der Waals surface area contributed by atoms with Crippen LogP contribution in [0.2, 0.25) is 0 Å². The zero-order chi connectivity index (χ0) is 14.0. The standard InChI is InChI=1S/C14H27N3O2/c1-11(10-14(2,15-3)13(18)19)16-6-8-17(9-7-16)12-4-5-12/h11-12,15H,4-10H2,1-3H3,(H,18,19). The van der Waals surface area contributed by atoms with Crippen molar-refractivity contribution < 1.29 is 9.90 Å². The molecule has 5 heteroatoms. The lowest BCUT2D eigenvalue weighted by Gasteiger charge is -2.40. The van der Waals surface area contributed by atoms with Crippen LogP contribution in [0.4, 0.5) is 0 Å². The van der Waals surface area contributed by atoms with Crippen molar-refractivity contribution in [3.05, 3.63) is 0 Å². The predicted octanol–water partition coefficient (Wildman–Crippen LogP) is 0.608. The van der Waals surface area contributed by atoms with Gasteiger partial charge in [0, 0.05) is 38.3 Å². The van der Waals surface area contributed by atoms with Crippen molar-refractivity contribution in [3.63, 3.8) is 0 Å². The summed E-state index contributed by atoms with van der Waals surface area (Å²) in [6.07, 6.45) is 3.38. The maximum atomic E-state index is 11.3. The Balaban J connectivity index is 1.83. The molecule has 2 fully saturated rings. The van der Waals surface area contributed by atoms with E-state index in [4.69, 9.17) is 0 Å². The van der Waals surface area contributed by atoms with E-state index < -0.39 is 11.5 Å². The number of nitrogens with one attached hydrogen (secondary N) is 1. The second kappa shape index (κ2) is 5.77. The topological polar surface area (TPSA) is 55.8 Å². The van der Waals surface area contributed by atoms with Gasteiger partial charge in [-0.1, -0.05) is 0 Å². The molecular formula is C14H27N3O2. The lowest BCUT2D eigenvalue weighted by molar-refractivity contribution is -0.144. The van der Waals surface area contributed by atoms with Crippen molar-refractivity contribution in [2.45, 2.75) is 50.7 Å². The Morgan fingerprint density at radius 1 is 1.37 bits per heavy atom. The first-order chi connectivity index (χ1) is 8.96. The van der Waals surface area contributed by atoms with Crippen LogP contribution in [-0.4, -0.2) is 71.7 Å². The Morgan fingerprint density at radius 3 is 2.37 bits per heavy atom. The number of rotatable bonds is 6. The lowest BCUT2D eigenvalue weighted by Crippen LogP contribution is -2.55. The van der Waals surface area contributed by atoms with Gasteiger partial charge in [-0.15, -0.1) is 0 Å². The van der Waals surface area contributed by atoms with Crippen LogP contribution in [0.5, 0.6) is 0 Å². The van der Waals surface area contributed by atoms with Crippen LogP contribution in [0.25, 0.3) is 0 Å². The molecule has 0 aromatic carbocycles. The molecule has 2 aliphatic rings. The van der Waals surface area contributed by atoms with E-state index in [1.54, 1.807) is 14.0 Å². The summed E-state index contributed by atoms with van der Waals surface area (Å²) in [5.74, 6) is -0.765. The van der Waals surface area contributed by atoms with E-state index in [9.17, 15) is 9.90 Å². The number of nitrogens with zero attached hydrogens (tertiary/aromatic N) is 2. The Bertz CT molecular complexity index is 325. The first-order valence-electron chi connectivity index (χ1n) is 7.36. The monoisotopic (exact) mass is 269 g/mol. The summed E-state index contributed by atoms with van der Waals surface area (Å²) in [7, 11) is 1.73. The normalized spacial score (nSPS) is 26.9. The Hall–Kier alpha value is -0.650. The second-order valence-electron chi connectivity index (χ2n) is 6.24. The maximum Gasteiger partial charge on any atom is 0.323 e. The molecule has 0 aromatic rings. The molecule has 1 aliphatic carbocycles. The van der Waals surface area contributed by atoms with E-state index >= 15 is 0 Å². The molecule has 0 aromatic heterocycles. The third-order valence-electron chi connectivity index (χ3n) is 4.76. The van der Waals surface area contributed by atoms with Crippen LogP contribution < -0.4 is 5.32 Å². The van der Waals surface area contributed by atoms with Crippen molar-refractivity contribution >= 4 is 5.97 Å². The van der Waals surface area contributed by atoms with Crippen molar-refractivity contribution in [2.75, 3.05) is 33.2 Å². The smallest absolute Gasteiger partial charge is 0.323 e. The van der Waals surface area contributed by atoms with Gasteiger partial charge < -0.3 is 10.4 Å². The van der Waals surface area contributed by atoms with Crippen molar-refractivity contribution in [1.82, 2.24) is 15.1 Å². The largest absolute Gasteiger partial charge is 0.480 e. The lowest BCUT2D eigenvalue weighted by atomic mass is 9.93. The van der Waals surface area contributed by atoms with E-state index in [1.165, 1.54) is 12.8 Å². The van der Waals surface area contributed by atoms with Gasteiger partial charge in [-0.3, -0.25) is 14.6 Å². The van der Waals surface area contributed by atoms with Gasteiger partial charge in [0.1, 0.15) is 5.54 Å². The van der Waals surface area contributed by atoms with Crippen molar-refractivity contribution in [3.8, 4) is 0 Å². The summed E-state index contributed by atoms with van der Waals surface area (Å²) >= 11 is 0. The van der Waals surface area contributed by atoms with E-state index in [2.05, 4.69) is 22.0 Å². The van der Waals surface area contributed by atoms with Gasteiger partial charge >= 0.3 is 5.97 Å². The first-order valence-corrected chi connectivity index (χ1v) is 7.36. The average Bonchev–Trinajstić information content (AvgIpc) is 3.22. The maximum absolute atomic E-state index is 11.3. The zero-order valence-corrected chi connectivity index (χ0v) is 12.4. The third-order valence-corrected chi connectivity index (χ3v) is 4.76. The molecule has 0 radical (unpaired) electrons. The third kappa shape index (κ3) is 3.46. The van der Waals surface area contributed by atoms with Gasteiger partial charge in [0.15, 0.2) is 0 Å².